The molecule has 3 rings (SSSR count). The molecule has 0 radical (unpaired) electrons. The number of piperidine rings is 1. The summed E-state index contributed by atoms with van der Waals surface area (Å²) in [4.78, 5) is 13.8. The fourth-order valence-electron chi connectivity index (χ4n) is 2.77. The molecule has 0 aromatic heterocycles. The smallest absolute Gasteiger partial charge is 0.161 e. The minimum Gasteiger partial charge on any atom is -0.493 e. The maximum Gasteiger partial charge on any atom is 0.161 e. The van der Waals surface area contributed by atoms with E-state index in [4.69, 9.17) is 25.9 Å². The molecule has 4 heteroatoms. The van der Waals surface area contributed by atoms with Gasteiger partial charge in [0.15, 0.2) is 11.5 Å². The molecule has 0 spiro atoms. The van der Waals surface area contributed by atoms with E-state index in [1.54, 1.807) is 20.8 Å². The summed E-state index contributed by atoms with van der Waals surface area (Å²) in [6, 6.07) is -0.0879. The van der Waals surface area contributed by atoms with E-state index in [1.807, 2.05) is 0 Å². The number of benzene rings is 1. The van der Waals surface area contributed by atoms with E-state index >= 15 is 0 Å². The Morgan fingerprint density at radius 3 is 2.79 bits per heavy atom. The van der Waals surface area contributed by atoms with Crippen LogP contribution in [0.2, 0.25) is 0 Å². The highest BCUT2D eigenvalue weighted by molar-refractivity contribution is 5.83. The molecule has 0 saturated carbocycles. The maximum absolute atomic E-state index is 13.5. The Labute approximate surface area is 162 Å². The highest BCUT2D eigenvalue weighted by Crippen LogP contribution is 2.43. The average Bonchev–Trinajstić information content (AvgIpc) is 2.66. The number of Topliss-reactive ketones (excluding diaryl/α,β-unsaturated/α-hetero) is 1. The molecule has 0 aliphatic carbocycles. The second-order valence-electron chi connectivity index (χ2n) is 7.00. The molecule has 0 unspecified atom stereocenters. The van der Waals surface area contributed by atoms with Gasteiger partial charge in [-0.3, -0.25) is 9.69 Å². The van der Waals surface area contributed by atoms with Gasteiger partial charge in [0.25, 0.3) is 0 Å². The van der Waals surface area contributed by atoms with Gasteiger partial charge in [-0.2, -0.15) is 0 Å². The lowest BCUT2D eigenvalue weighted by atomic mass is 9.76. The lowest BCUT2D eigenvalue weighted by molar-refractivity contribution is -0.130. The number of nitrogens with zero attached hydrogens (tertiary/aromatic N) is 1. The van der Waals surface area contributed by atoms with Gasteiger partial charge in [0.1, 0.15) is 5.78 Å². The normalized spacial score (nSPS) is 43.7. The van der Waals surface area contributed by atoms with Crippen LogP contribution in [-0.4, -0.2) is 37.8 Å². The largest absolute Gasteiger partial charge is 0.493 e. The third-order valence-corrected chi connectivity index (χ3v) is 3.81. The summed E-state index contributed by atoms with van der Waals surface area (Å²) in [6.07, 6.45) is -6.55. The van der Waals surface area contributed by atoms with Gasteiger partial charge in [0, 0.05) is 43.6 Å². The van der Waals surface area contributed by atoms with Crippen molar-refractivity contribution in [1.82, 2.24) is 4.90 Å². The molecule has 1 saturated heterocycles. The molecule has 2 aliphatic rings. The Kier molecular flexibility index (Phi) is 2.07. The summed E-state index contributed by atoms with van der Waals surface area (Å²) in [5, 5.41) is 0. The molecule has 0 N–H and O–H groups in total. The summed E-state index contributed by atoms with van der Waals surface area (Å²) < 4.78 is 111. The third kappa shape index (κ3) is 3.30. The molecule has 2 atom stereocenters. The molecule has 2 aliphatic heterocycles. The summed E-state index contributed by atoms with van der Waals surface area (Å²) in [5.74, 6) is -4.90. The number of hydrogen-bond donors (Lipinski definition) is 0. The number of aryl methyl sites for hydroxylation is 1. The monoisotopic (exact) mass is 343 g/mol. The van der Waals surface area contributed by atoms with Gasteiger partial charge in [0.2, 0.25) is 0 Å². The Morgan fingerprint density at radius 1 is 1.38 bits per heavy atom. The molecule has 24 heavy (non-hydrogen) atoms. The van der Waals surface area contributed by atoms with E-state index < -0.39 is 73.6 Å². The van der Waals surface area contributed by atoms with Crippen LogP contribution < -0.4 is 9.47 Å². The quantitative estimate of drug-likeness (QED) is 0.840. The first-order valence-electron chi connectivity index (χ1n) is 13.6. The van der Waals surface area contributed by atoms with Gasteiger partial charge in [-0.25, -0.2) is 0 Å². The van der Waals surface area contributed by atoms with E-state index in [0.717, 1.165) is 19.2 Å². The van der Waals surface area contributed by atoms with Crippen molar-refractivity contribution in [2.75, 3.05) is 27.1 Å². The van der Waals surface area contributed by atoms with Crippen LogP contribution in [0.5, 0.6) is 11.5 Å². The number of methoxy groups -OCH3 is 2. The van der Waals surface area contributed by atoms with E-state index in [0.29, 0.717) is 4.90 Å². The number of carbonyl (C=O) groups is 1. The number of rotatable bonds is 3. The van der Waals surface area contributed by atoms with Crippen LogP contribution >= 0.6 is 0 Å². The first-order valence-corrected chi connectivity index (χ1v) is 7.62. The van der Waals surface area contributed by atoms with Gasteiger partial charge in [0.05, 0.1) is 18.3 Å². The number of carbonyl (C=O) groups excluding carboxylic acids is 1. The van der Waals surface area contributed by atoms with Crippen LogP contribution in [0, 0.1) is 11.3 Å². The topological polar surface area (TPSA) is 38.8 Å². The average molecular weight is 344 g/mol. The summed E-state index contributed by atoms with van der Waals surface area (Å²) in [6.45, 7) is -1.54. The number of ketones is 1. The maximum atomic E-state index is 13.5. The second kappa shape index (κ2) is 6.40. The summed E-state index contributed by atoms with van der Waals surface area (Å²) >= 11 is 0. The first-order chi connectivity index (χ1) is 15.9. The Hall–Kier alpha value is -1.55. The molecule has 1 aromatic rings. The summed E-state index contributed by atoms with van der Waals surface area (Å²) in [5.41, 5.74) is -1.67. The van der Waals surface area contributed by atoms with Crippen LogP contribution in [-0.2, 0) is 11.2 Å². The standard InChI is InChI=1S/C20H29NO3/c1-20(2,3)11-14-12-21-7-6-13-8-18(23-4)19(24-5)9-15(13)16(21)10-17(14)22/h8-9,14,16H,6-7,10-12H2,1-5H3/t14-,16-/m0/s1/i4D3,6D2,7D2,10D2,12D2,14D. The Bertz CT molecular complexity index is 1080. The van der Waals surface area contributed by atoms with Crippen molar-refractivity contribution in [3.63, 3.8) is 0 Å². The molecule has 2 heterocycles. The SMILES string of the molecule is [2H]C([2H])([2H])Oc1cc2c(cc1OC)[C@H]1N(C([2H])([2H])C2([2H])[2H])C([2H])([2H])[C@]([2H])(CC(C)(C)C)C(=O)C1([2H])[2H]. The zero-order valence-electron chi connectivity index (χ0n) is 26.1. The van der Waals surface area contributed by atoms with Crippen molar-refractivity contribution in [2.45, 2.75) is 46.0 Å². The van der Waals surface area contributed by atoms with Crippen LogP contribution in [0.1, 0.15) is 67.2 Å². The zero-order valence-corrected chi connectivity index (χ0v) is 14.1. The van der Waals surface area contributed by atoms with Crippen molar-refractivity contribution in [1.29, 1.82) is 0 Å². The van der Waals surface area contributed by atoms with E-state index in [-0.39, 0.29) is 11.3 Å². The highest BCUT2D eigenvalue weighted by Gasteiger charge is 2.39. The summed E-state index contributed by atoms with van der Waals surface area (Å²) in [7, 11) is -1.82. The molecule has 4 nitrogen and oxygen atoms in total. The van der Waals surface area contributed by atoms with Crippen LogP contribution in [0.3, 0.4) is 0 Å². The van der Waals surface area contributed by atoms with Gasteiger partial charge < -0.3 is 9.47 Å². The van der Waals surface area contributed by atoms with Crippen molar-refractivity contribution in [3.8, 4) is 11.5 Å². The predicted molar refractivity (Wildman–Crippen MR) is 94.8 cm³/mol. The first kappa shape index (κ1) is 7.77. The van der Waals surface area contributed by atoms with Gasteiger partial charge in [-0.05, 0) is 41.5 Å². The Balaban J connectivity index is 2.41. The van der Waals surface area contributed by atoms with Crippen molar-refractivity contribution in [3.05, 3.63) is 23.3 Å². The fourth-order valence-corrected chi connectivity index (χ4v) is 2.77. The van der Waals surface area contributed by atoms with Crippen LogP contribution in [0.4, 0.5) is 0 Å². The number of fused-ring (bicyclic) bond motifs is 3. The van der Waals surface area contributed by atoms with Gasteiger partial charge in [-0.15, -0.1) is 0 Å². The van der Waals surface area contributed by atoms with Crippen LogP contribution in [0.15, 0.2) is 12.1 Å². The third-order valence-electron chi connectivity index (χ3n) is 3.81. The Morgan fingerprint density at radius 2 is 2.12 bits per heavy atom. The van der Waals surface area contributed by atoms with Crippen molar-refractivity contribution < 1.29 is 30.7 Å². The predicted octanol–water partition coefficient (Wildman–Crippen LogP) is 3.63. The van der Waals surface area contributed by atoms with E-state index in [1.165, 1.54) is 0 Å². The second-order valence-corrected chi connectivity index (χ2v) is 7.00. The molecule has 132 valence electrons. The van der Waals surface area contributed by atoms with Gasteiger partial charge in [-0.1, -0.05) is 20.8 Å². The fraction of sp³-hybridized carbons (Fsp3) is 0.650. The molecule has 1 aromatic carbocycles. The van der Waals surface area contributed by atoms with Crippen molar-refractivity contribution >= 4 is 5.78 Å². The van der Waals surface area contributed by atoms with Crippen LogP contribution in [0.25, 0.3) is 0 Å². The minimum atomic E-state index is -3.28. The lowest BCUT2D eigenvalue weighted by Crippen LogP contribution is -2.47. The molecular formula is C20H29NO3. The number of hydrogen-bond acceptors (Lipinski definition) is 4. The highest BCUT2D eigenvalue weighted by atomic mass is 16.5. The van der Waals surface area contributed by atoms with E-state index in [9.17, 15) is 4.79 Å². The van der Waals surface area contributed by atoms with Crippen molar-refractivity contribution in [2.24, 2.45) is 11.3 Å². The molecule has 0 bridgehead atoms. The zero-order chi connectivity index (χ0) is 28.1. The lowest BCUT2D eigenvalue weighted by Gasteiger charge is -2.44. The van der Waals surface area contributed by atoms with E-state index in [2.05, 4.69) is 0 Å². The number of ether oxygens (including phenoxy) is 2. The molecule has 1 fully saturated rings. The minimum absolute atomic E-state index is 0.260. The molecule has 0 amide bonds. The van der Waals surface area contributed by atoms with Gasteiger partial charge >= 0.3 is 0 Å². The molecular weight excluding hydrogens is 302 g/mol.